The Morgan fingerprint density at radius 1 is 1.33 bits per heavy atom. The Kier molecular flexibility index (Phi) is 4.77. The molecule has 0 radical (unpaired) electrons. The van der Waals surface area contributed by atoms with Crippen molar-refractivity contribution in [2.75, 3.05) is 18.4 Å². The molecule has 1 amide bonds. The van der Waals surface area contributed by atoms with Crippen molar-refractivity contribution in [3.63, 3.8) is 0 Å². The van der Waals surface area contributed by atoms with Gasteiger partial charge in [0, 0.05) is 12.2 Å². The van der Waals surface area contributed by atoms with Crippen LogP contribution in [-0.4, -0.2) is 19.0 Å². The third-order valence-corrected chi connectivity index (χ3v) is 3.68. The first kappa shape index (κ1) is 15.0. The van der Waals surface area contributed by atoms with Gasteiger partial charge in [0.15, 0.2) is 0 Å². The molecule has 1 fully saturated rings. The van der Waals surface area contributed by atoms with Gasteiger partial charge in [-0.3, -0.25) is 4.79 Å². The molecule has 0 aliphatic carbocycles. The highest BCUT2D eigenvalue weighted by molar-refractivity contribution is 5.95. The van der Waals surface area contributed by atoms with E-state index in [-0.39, 0.29) is 23.7 Å². The number of anilines is 1. The zero-order valence-electron chi connectivity index (χ0n) is 11.2. The van der Waals surface area contributed by atoms with Gasteiger partial charge in [-0.05, 0) is 57.0 Å². The molecule has 18 heavy (non-hydrogen) atoms. The zero-order chi connectivity index (χ0) is 12.5. The fraction of sp³-hybridized carbons (Fsp3) is 0.500. The van der Waals surface area contributed by atoms with Gasteiger partial charge in [-0.25, -0.2) is 0 Å². The van der Waals surface area contributed by atoms with E-state index in [4.69, 9.17) is 0 Å². The van der Waals surface area contributed by atoms with E-state index >= 15 is 0 Å². The monoisotopic (exact) mass is 268 g/mol. The van der Waals surface area contributed by atoms with Crippen LogP contribution in [0.1, 0.15) is 24.5 Å². The van der Waals surface area contributed by atoms with Crippen LogP contribution in [0.4, 0.5) is 5.69 Å². The number of carbonyl (C=O) groups is 1. The second kappa shape index (κ2) is 5.72. The molecule has 1 atom stereocenters. The minimum absolute atomic E-state index is 0. The summed E-state index contributed by atoms with van der Waals surface area (Å²) in [7, 11) is 0. The summed E-state index contributed by atoms with van der Waals surface area (Å²) >= 11 is 0. The molecule has 100 valence electrons. The highest BCUT2D eigenvalue weighted by Gasteiger charge is 2.36. The van der Waals surface area contributed by atoms with Crippen LogP contribution in [0.15, 0.2) is 18.2 Å². The van der Waals surface area contributed by atoms with Crippen molar-refractivity contribution in [3.8, 4) is 0 Å². The first-order valence-corrected chi connectivity index (χ1v) is 6.11. The van der Waals surface area contributed by atoms with Crippen molar-refractivity contribution in [1.29, 1.82) is 0 Å². The SMILES string of the molecule is Cc1ccc(NC(=O)C2(C)CCNC2)cc1C.Cl. The molecule has 0 aromatic heterocycles. The minimum Gasteiger partial charge on any atom is -0.326 e. The molecule has 2 N–H and O–H groups in total. The molecule has 0 saturated carbocycles. The molecule has 0 bridgehead atoms. The largest absolute Gasteiger partial charge is 0.326 e. The third-order valence-electron chi connectivity index (χ3n) is 3.68. The van der Waals surface area contributed by atoms with Crippen LogP contribution in [0.25, 0.3) is 0 Å². The first-order valence-electron chi connectivity index (χ1n) is 6.11. The summed E-state index contributed by atoms with van der Waals surface area (Å²) in [4.78, 5) is 12.2. The Labute approximate surface area is 115 Å². The van der Waals surface area contributed by atoms with Gasteiger partial charge in [0.05, 0.1) is 5.41 Å². The average molecular weight is 269 g/mol. The topological polar surface area (TPSA) is 41.1 Å². The standard InChI is InChI=1S/C14H20N2O.ClH/c1-10-4-5-12(8-11(10)2)16-13(17)14(3)6-7-15-9-14;/h4-5,8,15H,6-7,9H2,1-3H3,(H,16,17);1H. The number of rotatable bonds is 2. The Balaban J connectivity index is 0.00000162. The highest BCUT2D eigenvalue weighted by atomic mass is 35.5. The van der Waals surface area contributed by atoms with Crippen LogP contribution >= 0.6 is 12.4 Å². The van der Waals surface area contributed by atoms with Gasteiger partial charge in [0.25, 0.3) is 0 Å². The number of carbonyl (C=O) groups excluding carboxylic acids is 1. The van der Waals surface area contributed by atoms with Crippen molar-refractivity contribution in [2.24, 2.45) is 5.41 Å². The molecule has 1 heterocycles. The number of amides is 1. The second-order valence-corrected chi connectivity index (χ2v) is 5.24. The Morgan fingerprint density at radius 3 is 2.61 bits per heavy atom. The van der Waals surface area contributed by atoms with Crippen LogP contribution in [0.2, 0.25) is 0 Å². The maximum atomic E-state index is 12.2. The Bertz CT molecular complexity index is 439. The normalized spacial score (nSPS) is 22.4. The number of hydrogen-bond acceptors (Lipinski definition) is 2. The predicted molar refractivity (Wildman–Crippen MR) is 77.4 cm³/mol. The van der Waals surface area contributed by atoms with E-state index < -0.39 is 0 Å². The summed E-state index contributed by atoms with van der Waals surface area (Å²) in [6, 6.07) is 6.03. The Hall–Kier alpha value is -1.06. The molecule has 4 heteroatoms. The second-order valence-electron chi connectivity index (χ2n) is 5.24. The molecule has 2 rings (SSSR count). The highest BCUT2D eigenvalue weighted by Crippen LogP contribution is 2.26. The average Bonchev–Trinajstić information content (AvgIpc) is 2.72. The molecule has 1 aromatic carbocycles. The maximum absolute atomic E-state index is 12.2. The van der Waals surface area contributed by atoms with Gasteiger partial charge >= 0.3 is 0 Å². The van der Waals surface area contributed by atoms with Gasteiger partial charge in [0.1, 0.15) is 0 Å². The number of aryl methyl sites for hydroxylation is 2. The lowest BCUT2D eigenvalue weighted by molar-refractivity contribution is -0.123. The minimum atomic E-state index is -0.265. The molecule has 1 aromatic rings. The van der Waals surface area contributed by atoms with E-state index in [0.29, 0.717) is 0 Å². The lowest BCUT2D eigenvalue weighted by Crippen LogP contribution is -2.35. The van der Waals surface area contributed by atoms with E-state index in [1.165, 1.54) is 11.1 Å². The third kappa shape index (κ3) is 3.03. The molecule has 1 saturated heterocycles. The van der Waals surface area contributed by atoms with Crippen LogP contribution in [0.5, 0.6) is 0 Å². The van der Waals surface area contributed by atoms with Crippen molar-refractivity contribution < 1.29 is 4.79 Å². The quantitative estimate of drug-likeness (QED) is 0.866. The summed E-state index contributed by atoms with van der Waals surface area (Å²) in [5.74, 6) is 0.116. The van der Waals surface area contributed by atoms with E-state index in [1.54, 1.807) is 0 Å². The molecule has 1 aliphatic heterocycles. The van der Waals surface area contributed by atoms with E-state index in [0.717, 1.165) is 25.2 Å². The van der Waals surface area contributed by atoms with Gasteiger partial charge in [0.2, 0.25) is 5.91 Å². The first-order chi connectivity index (χ1) is 8.01. The van der Waals surface area contributed by atoms with Crippen molar-refractivity contribution in [2.45, 2.75) is 27.2 Å². The molecular formula is C14H21ClN2O. The van der Waals surface area contributed by atoms with E-state index in [9.17, 15) is 4.79 Å². The maximum Gasteiger partial charge on any atom is 0.231 e. The van der Waals surface area contributed by atoms with Crippen LogP contribution in [0, 0.1) is 19.3 Å². The van der Waals surface area contributed by atoms with Gasteiger partial charge < -0.3 is 10.6 Å². The fourth-order valence-electron chi connectivity index (χ4n) is 2.11. The predicted octanol–water partition coefficient (Wildman–Crippen LogP) is 2.66. The van der Waals surface area contributed by atoms with Crippen LogP contribution < -0.4 is 10.6 Å². The van der Waals surface area contributed by atoms with Crippen molar-refractivity contribution in [1.82, 2.24) is 5.32 Å². The van der Waals surface area contributed by atoms with Gasteiger partial charge in [-0.2, -0.15) is 0 Å². The molecule has 1 unspecified atom stereocenters. The summed E-state index contributed by atoms with van der Waals surface area (Å²) in [5, 5.41) is 6.25. The number of halogens is 1. The number of hydrogen-bond donors (Lipinski definition) is 2. The van der Waals surface area contributed by atoms with Gasteiger partial charge in [-0.1, -0.05) is 6.07 Å². The summed E-state index contributed by atoms with van der Waals surface area (Å²) in [6.07, 6.45) is 0.906. The van der Waals surface area contributed by atoms with Gasteiger partial charge in [-0.15, -0.1) is 12.4 Å². The smallest absolute Gasteiger partial charge is 0.231 e. The Morgan fingerprint density at radius 2 is 2.06 bits per heavy atom. The lowest BCUT2D eigenvalue weighted by atomic mass is 9.88. The number of benzene rings is 1. The molecule has 3 nitrogen and oxygen atoms in total. The summed E-state index contributed by atoms with van der Waals surface area (Å²) in [5.41, 5.74) is 3.08. The van der Waals surface area contributed by atoms with E-state index in [1.807, 2.05) is 25.1 Å². The summed E-state index contributed by atoms with van der Waals surface area (Å²) in [6.45, 7) is 7.84. The summed E-state index contributed by atoms with van der Waals surface area (Å²) < 4.78 is 0. The molecule has 0 spiro atoms. The zero-order valence-corrected chi connectivity index (χ0v) is 12.0. The fourth-order valence-corrected chi connectivity index (χ4v) is 2.11. The molecule has 1 aliphatic rings. The van der Waals surface area contributed by atoms with Crippen molar-refractivity contribution >= 4 is 24.0 Å². The van der Waals surface area contributed by atoms with Crippen molar-refractivity contribution in [3.05, 3.63) is 29.3 Å². The molecular weight excluding hydrogens is 248 g/mol. The lowest BCUT2D eigenvalue weighted by Gasteiger charge is -2.21. The number of nitrogens with one attached hydrogen (secondary N) is 2. The van der Waals surface area contributed by atoms with Crippen LogP contribution in [0.3, 0.4) is 0 Å². The van der Waals surface area contributed by atoms with Crippen LogP contribution in [-0.2, 0) is 4.79 Å². The van der Waals surface area contributed by atoms with E-state index in [2.05, 4.69) is 24.5 Å².